The first-order valence-electron chi connectivity index (χ1n) is 12.1. The van der Waals surface area contributed by atoms with Gasteiger partial charge in [0.1, 0.15) is 18.4 Å². The van der Waals surface area contributed by atoms with E-state index in [1.165, 1.54) is 0 Å². The molecule has 1 aromatic heterocycles. The van der Waals surface area contributed by atoms with Crippen molar-refractivity contribution in [2.45, 2.75) is 19.6 Å². The van der Waals surface area contributed by atoms with E-state index in [2.05, 4.69) is 23.5 Å². The van der Waals surface area contributed by atoms with Crippen LogP contribution < -0.4 is 15.8 Å². The maximum absolute atomic E-state index is 12.6. The van der Waals surface area contributed by atoms with Crippen LogP contribution in [-0.4, -0.2) is 20.7 Å². The van der Waals surface area contributed by atoms with E-state index in [1.807, 2.05) is 85.8 Å². The molecule has 0 saturated heterocycles. The van der Waals surface area contributed by atoms with Crippen LogP contribution in [0.25, 0.3) is 22.2 Å². The lowest BCUT2D eigenvalue weighted by atomic mass is 9.95. The molecule has 0 fully saturated rings. The fourth-order valence-electron chi connectivity index (χ4n) is 4.83. The summed E-state index contributed by atoms with van der Waals surface area (Å²) in [6.45, 7) is 2.27. The minimum atomic E-state index is -0.551. The van der Waals surface area contributed by atoms with E-state index in [-0.39, 0.29) is 0 Å². The first kappa shape index (κ1) is 22.5. The maximum atomic E-state index is 12.6. The third-order valence-electron chi connectivity index (χ3n) is 6.57. The molecule has 1 aliphatic heterocycles. The molecule has 0 bridgehead atoms. The van der Waals surface area contributed by atoms with E-state index < -0.39 is 11.9 Å². The average Bonchev–Trinajstić information content (AvgIpc) is 3.34. The van der Waals surface area contributed by atoms with Crippen molar-refractivity contribution >= 4 is 22.6 Å². The van der Waals surface area contributed by atoms with Gasteiger partial charge >= 0.3 is 0 Å². The van der Waals surface area contributed by atoms with E-state index in [0.29, 0.717) is 35.4 Å². The van der Waals surface area contributed by atoms with Crippen LogP contribution in [-0.2, 0) is 11.4 Å². The van der Waals surface area contributed by atoms with Crippen LogP contribution in [0.1, 0.15) is 24.1 Å². The van der Waals surface area contributed by atoms with Crippen LogP contribution in [0.15, 0.2) is 108 Å². The van der Waals surface area contributed by atoms with Crippen molar-refractivity contribution in [1.82, 2.24) is 14.8 Å². The highest BCUT2D eigenvalue weighted by molar-refractivity contribution is 5.96. The Labute approximate surface area is 214 Å². The molecule has 6 rings (SSSR count). The van der Waals surface area contributed by atoms with Crippen molar-refractivity contribution < 1.29 is 9.53 Å². The Morgan fingerprint density at radius 3 is 2.57 bits per heavy atom. The van der Waals surface area contributed by atoms with Gasteiger partial charge < -0.3 is 15.8 Å². The van der Waals surface area contributed by atoms with Crippen molar-refractivity contribution in [3.8, 4) is 17.1 Å². The second-order valence-electron chi connectivity index (χ2n) is 9.01. The van der Waals surface area contributed by atoms with Gasteiger partial charge in [-0.05, 0) is 41.0 Å². The molecular weight excluding hydrogens is 462 g/mol. The summed E-state index contributed by atoms with van der Waals surface area (Å²) in [4.78, 5) is 17.4. The third kappa shape index (κ3) is 4.21. The first-order chi connectivity index (χ1) is 18.1. The summed E-state index contributed by atoms with van der Waals surface area (Å²) in [5.41, 5.74) is 9.78. The van der Waals surface area contributed by atoms with Crippen molar-refractivity contribution in [3.63, 3.8) is 0 Å². The molecule has 3 N–H and O–H groups in total. The Morgan fingerprint density at radius 2 is 1.73 bits per heavy atom. The zero-order chi connectivity index (χ0) is 25.4. The van der Waals surface area contributed by atoms with Crippen molar-refractivity contribution in [2.24, 2.45) is 5.73 Å². The number of benzene rings is 4. The largest absolute Gasteiger partial charge is 0.489 e. The van der Waals surface area contributed by atoms with E-state index in [0.717, 1.165) is 27.5 Å². The summed E-state index contributed by atoms with van der Waals surface area (Å²) in [7, 11) is 0. The molecule has 7 nitrogen and oxygen atoms in total. The van der Waals surface area contributed by atoms with Gasteiger partial charge in [0.25, 0.3) is 0 Å². The van der Waals surface area contributed by atoms with Gasteiger partial charge in [-0.2, -0.15) is 4.98 Å². The minimum absolute atomic E-state index is 0.432. The lowest BCUT2D eigenvalue weighted by Crippen LogP contribution is -2.31. The summed E-state index contributed by atoms with van der Waals surface area (Å²) < 4.78 is 7.80. The first-order valence-corrected chi connectivity index (χ1v) is 12.1. The number of aromatic nitrogens is 3. The monoisotopic (exact) mass is 487 g/mol. The number of allylic oxidation sites excluding steroid dienone is 1. The lowest BCUT2D eigenvalue weighted by molar-refractivity contribution is -0.115. The Balaban J connectivity index is 1.42. The van der Waals surface area contributed by atoms with Gasteiger partial charge in [-0.3, -0.25) is 4.79 Å². The number of nitrogens with two attached hydrogens (primary N) is 1. The zero-order valence-electron chi connectivity index (χ0n) is 20.3. The average molecular weight is 488 g/mol. The standard InChI is InChI=1S/C30H25N5O2/c1-19-26(28(31)36)27(22-13-7-14-23(17-22)37-18-20-9-3-2-4-10-20)35-30(32-19)33-29(34-35)25-16-8-12-21-11-5-6-15-24(21)25/h2-17,27H,18H2,1H3,(H2,31,36)(H,32,33,34). The number of amides is 1. The van der Waals surface area contributed by atoms with Crippen LogP contribution in [0, 0.1) is 0 Å². The molecule has 1 atom stereocenters. The third-order valence-corrected chi connectivity index (χ3v) is 6.57. The predicted octanol–water partition coefficient (Wildman–Crippen LogP) is 5.45. The molecule has 0 radical (unpaired) electrons. The summed E-state index contributed by atoms with van der Waals surface area (Å²) >= 11 is 0. The Hall–Kier alpha value is -4.91. The fourth-order valence-corrected chi connectivity index (χ4v) is 4.83. The minimum Gasteiger partial charge on any atom is -0.489 e. The van der Waals surface area contributed by atoms with Crippen LogP contribution in [0.5, 0.6) is 5.75 Å². The molecular formula is C30H25N5O2. The number of carbonyl (C=O) groups is 1. The van der Waals surface area contributed by atoms with Gasteiger partial charge in [0, 0.05) is 11.3 Å². The van der Waals surface area contributed by atoms with Crippen molar-refractivity contribution in [3.05, 3.63) is 119 Å². The molecule has 0 spiro atoms. The number of hydrogen-bond acceptors (Lipinski definition) is 5. The maximum Gasteiger partial charge on any atom is 0.248 e. The van der Waals surface area contributed by atoms with E-state index in [9.17, 15) is 4.79 Å². The van der Waals surface area contributed by atoms with Gasteiger partial charge in [0.05, 0.1) is 5.57 Å². The molecule has 1 unspecified atom stereocenters. The second-order valence-corrected chi connectivity index (χ2v) is 9.01. The number of hydrogen-bond donors (Lipinski definition) is 2. The van der Waals surface area contributed by atoms with Crippen molar-refractivity contribution in [2.75, 3.05) is 5.32 Å². The van der Waals surface area contributed by atoms with Gasteiger partial charge in [-0.1, -0.05) is 84.9 Å². The molecule has 4 aromatic carbocycles. The summed E-state index contributed by atoms with van der Waals surface area (Å²) in [5, 5.41) is 10.3. The Kier molecular flexibility index (Phi) is 5.65. The SMILES string of the molecule is CC1=C(C(N)=O)C(c2cccc(OCc3ccccc3)c2)n2nc(-c3cccc4ccccc34)nc2N1. The Bertz CT molecular complexity index is 1650. The number of ether oxygens (including phenoxy) is 1. The Morgan fingerprint density at radius 1 is 0.973 bits per heavy atom. The van der Waals surface area contributed by atoms with Crippen LogP contribution in [0.2, 0.25) is 0 Å². The van der Waals surface area contributed by atoms with E-state index in [4.69, 9.17) is 20.6 Å². The number of nitrogens with zero attached hydrogens (tertiary/aromatic N) is 3. The molecule has 2 heterocycles. The number of primary amides is 1. The molecule has 1 aliphatic rings. The second kappa shape index (κ2) is 9.28. The van der Waals surface area contributed by atoms with Gasteiger partial charge in [0.15, 0.2) is 5.82 Å². The molecule has 1 amide bonds. The predicted molar refractivity (Wildman–Crippen MR) is 144 cm³/mol. The van der Waals surface area contributed by atoms with Crippen LogP contribution >= 0.6 is 0 Å². The molecule has 182 valence electrons. The smallest absolute Gasteiger partial charge is 0.248 e. The number of fused-ring (bicyclic) bond motifs is 2. The fraction of sp³-hybridized carbons (Fsp3) is 0.100. The summed E-state index contributed by atoms with van der Waals surface area (Å²) in [6.07, 6.45) is 0. The number of nitrogens with one attached hydrogen (secondary N) is 1. The lowest BCUT2D eigenvalue weighted by Gasteiger charge is -2.27. The topological polar surface area (TPSA) is 95.1 Å². The highest BCUT2D eigenvalue weighted by Crippen LogP contribution is 2.38. The zero-order valence-corrected chi connectivity index (χ0v) is 20.3. The van der Waals surface area contributed by atoms with Crippen molar-refractivity contribution in [1.29, 1.82) is 0 Å². The van der Waals surface area contributed by atoms with Crippen LogP contribution in [0.3, 0.4) is 0 Å². The van der Waals surface area contributed by atoms with Gasteiger partial charge in [-0.15, -0.1) is 5.10 Å². The number of carbonyl (C=O) groups excluding carboxylic acids is 1. The van der Waals surface area contributed by atoms with E-state index in [1.54, 1.807) is 4.68 Å². The highest BCUT2D eigenvalue weighted by atomic mass is 16.5. The normalized spacial score (nSPS) is 14.8. The summed E-state index contributed by atoms with van der Waals surface area (Å²) in [5.74, 6) is 1.29. The molecule has 5 aromatic rings. The highest BCUT2D eigenvalue weighted by Gasteiger charge is 2.33. The summed E-state index contributed by atoms with van der Waals surface area (Å²) in [6, 6.07) is 31.3. The van der Waals surface area contributed by atoms with Gasteiger partial charge in [0.2, 0.25) is 11.9 Å². The van der Waals surface area contributed by atoms with Gasteiger partial charge in [-0.25, -0.2) is 4.68 Å². The van der Waals surface area contributed by atoms with E-state index >= 15 is 0 Å². The molecule has 0 saturated carbocycles. The number of rotatable bonds is 6. The molecule has 7 heteroatoms. The van der Waals surface area contributed by atoms with Crippen LogP contribution in [0.4, 0.5) is 5.95 Å². The quantitative estimate of drug-likeness (QED) is 0.332. The number of anilines is 1. The molecule has 37 heavy (non-hydrogen) atoms. The molecule has 0 aliphatic carbocycles.